The highest BCUT2D eigenvalue weighted by Crippen LogP contribution is 2.30. The summed E-state index contributed by atoms with van der Waals surface area (Å²) in [5.41, 5.74) is 1.16. The molecular weight excluding hydrogens is 398 g/mol. The first kappa shape index (κ1) is 20.5. The minimum Gasteiger partial charge on any atom is -0.494 e. The summed E-state index contributed by atoms with van der Waals surface area (Å²) in [5.74, 6) is 2.06. The molecule has 30 heavy (non-hydrogen) atoms. The van der Waals surface area contributed by atoms with Crippen LogP contribution in [0.1, 0.15) is 18.4 Å². The number of benzene rings is 2. The Morgan fingerprint density at radius 1 is 1.03 bits per heavy atom. The van der Waals surface area contributed by atoms with E-state index in [-0.39, 0.29) is 0 Å². The smallest absolute Gasteiger partial charge is 0.257 e. The van der Waals surface area contributed by atoms with Gasteiger partial charge in [0.25, 0.3) is 5.89 Å². The van der Waals surface area contributed by atoms with Gasteiger partial charge >= 0.3 is 0 Å². The van der Waals surface area contributed by atoms with Crippen LogP contribution in [-0.4, -0.2) is 42.0 Å². The van der Waals surface area contributed by atoms with Crippen molar-refractivity contribution in [3.8, 4) is 16.5 Å². The first-order valence-corrected chi connectivity index (χ1v) is 10.9. The van der Waals surface area contributed by atoms with E-state index in [1.165, 1.54) is 10.8 Å². The number of hydrogen-bond donors (Lipinski definition) is 0. The van der Waals surface area contributed by atoms with Gasteiger partial charge < -0.3 is 13.9 Å². The van der Waals surface area contributed by atoms with E-state index in [4.69, 9.17) is 13.9 Å². The summed E-state index contributed by atoms with van der Waals surface area (Å²) in [4.78, 5) is 3.23. The highest BCUT2D eigenvalue weighted by molar-refractivity contribution is 7.13. The molecule has 4 rings (SSSR count). The van der Waals surface area contributed by atoms with Gasteiger partial charge in [0.15, 0.2) is 0 Å². The third kappa shape index (κ3) is 4.70. The second kappa shape index (κ2) is 9.84. The van der Waals surface area contributed by atoms with Crippen LogP contribution in [0.3, 0.4) is 0 Å². The molecule has 2 heterocycles. The molecule has 0 radical (unpaired) electrons. The fourth-order valence-corrected chi connectivity index (χ4v) is 4.08. The lowest BCUT2D eigenvalue weighted by Crippen LogP contribution is -2.27. The molecule has 156 valence electrons. The lowest BCUT2D eigenvalue weighted by atomic mass is 10.0. The molecule has 6 nitrogen and oxygen atoms in total. The van der Waals surface area contributed by atoms with Gasteiger partial charge in [-0.2, -0.15) is 0 Å². The monoisotopic (exact) mass is 423 g/mol. The molecule has 0 atom stereocenters. The number of thiophene rings is 1. The van der Waals surface area contributed by atoms with Gasteiger partial charge in [0.1, 0.15) is 5.75 Å². The molecule has 2 aromatic carbocycles. The molecule has 2 aromatic heterocycles. The molecule has 4 aromatic rings. The van der Waals surface area contributed by atoms with Crippen LogP contribution in [0.15, 0.2) is 58.3 Å². The molecule has 0 saturated heterocycles. The Balaban J connectivity index is 1.61. The van der Waals surface area contributed by atoms with Crippen LogP contribution in [0.5, 0.6) is 5.75 Å². The summed E-state index contributed by atoms with van der Waals surface area (Å²) in [6.45, 7) is 5.21. The standard InChI is InChI=1S/C23H25N3O3S/c1-3-28-20-11-10-17-7-4-5-8-18(17)19(20)15-26(12-13-27-2)16-22-24-25-23(29-22)21-9-6-14-30-21/h4-11,14H,3,12-13,15-16H2,1-2H3. The minimum absolute atomic E-state index is 0.538. The Hall–Kier alpha value is -2.74. The number of rotatable bonds is 10. The number of aromatic nitrogens is 2. The highest BCUT2D eigenvalue weighted by atomic mass is 32.1. The van der Waals surface area contributed by atoms with Crippen molar-refractivity contribution < 1.29 is 13.9 Å². The summed E-state index contributed by atoms with van der Waals surface area (Å²) in [7, 11) is 1.71. The van der Waals surface area contributed by atoms with E-state index in [0.717, 1.165) is 22.7 Å². The molecule has 0 spiro atoms. The Kier molecular flexibility index (Phi) is 6.74. The molecular formula is C23H25N3O3S. The first-order valence-electron chi connectivity index (χ1n) is 9.99. The van der Waals surface area contributed by atoms with Gasteiger partial charge in [-0.15, -0.1) is 21.5 Å². The predicted molar refractivity (Wildman–Crippen MR) is 119 cm³/mol. The van der Waals surface area contributed by atoms with Gasteiger partial charge in [-0.1, -0.05) is 36.4 Å². The molecule has 0 aliphatic rings. The topological polar surface area (TPSA) is 60.6 Å². The van der Waals surface area contributed by atoms with Gasteiger partial charge in [0, 0.05) is 25.8 Å². The molecule has 0 aliphatic carbocycles. The second-order valence-electron chi connectivity index (χ2n) is 6.88. The normalized spacial score (nSPS) is 11.4. The molecule has 0 aliphatic heterocycles. The van der Waals surface area contributed by atoms with E-state index in [9.17, 15) is 0 Å². The minimum atomic E-state index is 0.538. The molecule has 0 saturated carbocycles. The van der Waals surface area contributed by atoms with Gasteiger partial charge in [-0.05, 0) is 35.2 Å². The average Bonchev–Trinajstić information content (AvgIpc) is 3.45. The summed E-state index contributed by atoms with van der Waals surface area (Å²) in [6.07, 6.45) is 0. The predicted octanol–water partition coefficient (Wildman–Crippen LogP) is 5.00. The molecule has 0 bridgehead atoms. The largest absolute Gasteiger partial charge is 0.494 e. The van der Waals surface area contributed by atoms with Crippen molar-refractivity contribution in [3.05, 3.63) is 65.4 Å². The zero-order valence-electron chi connectivity index (χ0n) is 17.2. The fourth-order valence-electron chi connectivity index (χ4n) is 3.44. The zero-order valence-corrected chi connectivity index (χ0v) is 18.0. The van der Waals surface area contributed by atoms with E-state index in [2.05, 4.69) is 51.5 Å². The van der Waals surface area contributed by atoms with Gasteiger partial charge in [0.2, 0.25) is 5.89 Å². The SMILES string of the molecule is CCOc1ccc2ccccc2c1CN(CCOC)Cc1nnc(-c2cccs2)o1. The lowest BCUT2D eigenvalue weighted by molar-refractivity contribution is 0.133. The number of hydrogen-bond acceptors (Lipinski definition) is 7. The van der Waals surface area contributed by atoms with Crippen LogP contribution < -0.4 is 4.74 Å². The van der Waals surface area contributed by atoms with Crippen molar-refractivity contribution >= 4 is 22.1 Å². The Morgan fingerprint density at radius 2 is 1.93 bits per heavy atom. The molecule has 0 amide bonds. The Bertz CT molecular complexity index is 1080. The number of fused-ring (bicyclic) bond motifs is 1. The van der Waals surface area contributed by atoms with Crippen molar-refractivity contribution in [1.29, 1.82) is 0 Å². The third-order valence-corrected chi connectivity index (χ3v) is 5.71. The van der Waals surface area contributed by atoms with Gasteiger partial charge in [-0.25, -0.2) is 0 Å². The number of nitrogens with zero attached hydrogens (tertiary/aromatic N) is 3. The first-order chi connectivity index (χ1) is 14.8. The van der Waals surface area contributed by atoms with Crippen LogP contribution >= 0.6 is 11.3 Å². The zero-order chi connectivity index (χ0) is 20.8. The molecule has 0 fully saturated rings. The van der Waals surface area contributed by atoms with Crippen molar-refractivity contribution in [2.45, 2.75) is 20.0 Å². The van der Waals surface area contributed by atoms with E-state index in [1.54, 1.807) is 18.4 Å². The summed E-state index contributed by atoms with van der Waals surface area (Å²) < 4.78 is 17.2. The van der Waals surface area contributed by atoms with Crippen molar-refractivity contribution in [3.63, 3.8) is 0 Å². The third-order valence-electron chi connectivity index (χ3n) is 4.85. The van der Waals surface area contributed by atoms with Crippen LogP contribution in [0.4, 0.5) is 0 Å². The van der Waals surface area contributed by atoms with E-state index < -0.39 is 0 Å². The lowest BCUT2D eigenvalue weighted by Gasteiger charge is -2.23. The van der Waals surface area contributed by atoms with Gasteiger partial charge in [-0.3, -0.25) is 4.90 Å². The van der Waals surface area contributed by atoms with E-state index in [0.29, 0.717) is 38.1 Å². The quantitative estimate of drug-likeness (QED) is 0.358. The van der Waals surface area contributed by atoms with Crippen LogP contribution in [0.2, 0.25) is 0 Å². The van der Waals surface area contributed by atoms with Crippen molar-refractivity contribution in [2.24, 2.45) is 0 Å². The van der Waals surface area contributed by atoms with Crippen molar-refractivity contribution in [2.75, 3.05) is 26.9 Å². The fraction of sp³-hybridized carbons (Fsp3) is 0.304. The summed E-state index contributed by atoms with van der Waals surface area (Å²) in [6, 6.07) is 16.5. The molecule has 0 N–H and O–H groups in total. The number of methoxy groups -OCH3 is 1. The Labute approximate surface area is 180 Å². The molecule has 0 unspecified atom stereocenters. The Morgan fingerprint density at radius 3 is 2.73 bits per heavy atom. The van der Waals surface area contributed by atoms with E-state index >= 15 is 0 Å². The molecule has 7 heteroatoms. The van der Waals surface area contributed by atoms with Crippen molar-refractivity contribution in [1.82, 2.24) is 15.1 Å². The maximum Gasteiger partial charge on any atom is 0.257 e. The maximum absolute atomic E-state index is 5.95. The van der Waals surface area contributed by atoms with Gasteiger partial charge in [0.05, 0.1) is 24.6 Å². The van der Waals surface area contributed by atoms with E-state index in [1.807, 2.05) is 24.4 Å². The number of ether oxygens (including phenoxy) is 2. The summed E-state index contributed by atoms with van der Waals surface area (Å²) in [5, 5.41) is 12.9. The van der Waals surface area contributed by atoms with Crippen LogP contribution in [0, 0.1) is 0 Å². The highest BCUT2D eigenvalue weighted by Gasteiger charge is 2.17. The second-order valence-corrected chi connectivity index (χ2v) is 7.83. The van der Waals surface area contributed by atoms with Crippen LogP contribution in [0.25, 0.3) is 21.5 Å². The van der Waals surface area contributed by atoms with Crippen LogP contribution in [-0.2, 0) is 17.8 Å². The average molecular weight is 424 g/mol. The summed E-state index contributed by atoms with van der Waals surface area (Å²) >= 11 is 1.59. The maximum atomic E-state index is 5.95.